The number of hydrogen-bond acceptors (Lipinski definition) is 6. The minimum absolute atomic E-state index is 0.140. The van der Waals surface area contributed by atoms with Crippen LogP contribution in [0.1, 0.15) is 21.8 Å². The molecule has 2 rings (SSSR count). The van der Waals surface area contributed by atoms with Crippen molar-refractivity contribution < 1.29 is 14.7 Å². The van der Waals surface area contributed by atoms with Gasteiger partial charge in [-0.2, -0.15) is 0 Å². The SMILES string of the molecule is CN(CCC(=O)Nc1ccsc1C(=O)O)Cc1cnccn1. The molecule has 1 amide bonds. The zero-order chi connectivity index (χ0) is 15.9. The van der Waals surface area contributed by atoms with E-state index in [-0.39, 0.29) is 17.2 Å². The molecule has 116 valence electrons. The molecule has 0 bridgehead atoms. The number of carbonyl (C=O) groups is 2. The van der Waals surface area contributed by atoms with Gasteiger partial charge in [-0.1, -0.05) is 0 Å². The van der Waals surface area contributed by atoms with E-state index in [4.69, 9.17) is 5.11 Å². The maximum Gasteiger partial charge on any atom is 0.348 e. The number of amides is 1. The van der Waals surface area contributed by atoms with Crippen LogP contribution in [0, 0.1) is 0 Å². The standard InChI is InChI=1S/C14H16N4O3S/c1-18(9-10-8-15-4-5-16-10)6-2-12(19)17-11-3-7-22-13(11)14(20)21/h3-5,7-8H,2,6,9H2,1H3,(H,17,19)(H,20,21). The van der Waals surface area contributed by atoms with Gasteiger partial charge in [0.05, 0.1) is 11.4 Å². The number of carboxylic acid groups (broad SMARTS) is 1. The highest BCUT2D eigenvalue weighted by Gasteiger charge is 2.14. The minimum atomic E-state index is -1.04. The zero-order valence-corrected chi connectivity index (χ0v) is 12.8. The third-order valence-electron chi connectivity index (χ3n) is 2.90. The van der Waals surface area contributed by atoms with Crippen molar-refractivity contribution in [3.63, 3.8) is 0 Å². The Balaban J connectivity index is 1.80. The van der Waals surface area contributed by atoms with Crippen molar-refractivity contribution in [2.45, 2.75) is 13.0 Å². The molecule has 0 spiro atoms. The van der Waals surface area contributed by atoms with Crippen LogP contribution in [0.15, 0.2) is 30.0 Å². The van der Waals surface area contributed by atoms with Crippen LogP contribution in [0.3, 0.4) is 0 Å². The Kier molecular flexibility index (Phi) is 5.56. The Labute approximate surface area is 131 Å². The molecule has 22 heavy (non-hydrogen) atoms. The van der Waals surface area contributed by atoms with Crippen LogP contribution in [0.25, 0.3) is 0 Å². The summed E-state index contributed by atoms with van der Waals surface area (Å²) in [6, 6.07) is 1.59. The van der Waals surface area contributed by atoms with Crippen LogP contribution in [0.4, 0.5) is 5.69 Å². The van der Waals surface area contributed by atoms with Gasteiger partial charge in [-0.25, -0.2) is 4.79 Å². The summed E-state index contributed by atoms with van der Waals surface area (Å²) < 4.78 is 0. The molecule has 0 aliphatic rings. The van der Waals surface area contributed by atoms with Gasteiger partial charge in [-0.3, -0.25) is 19.7 Å². The lowest BCUT2D eigenvalue weighted by Crippen LogP contribution is -2.24. The van der Waals surface area contributed by atoms with E-state index in [0.717, 1.165) is 17.0 Å². The highest BCUT2D eigenvalue weighted by atomic mass is 32.1. The number of aromatic carboxylic acids is 1. The van der Waals surface area contributed by atoms with E-state index in [9.17, 15) is 9.59 Å². The van der Waals surface area contributed by atoms with Crippen LogP contribution in [-0.2, 0) is 11.3 Å². The molecular weight excluding hydrogens is 304 g/mol. The second-order valence-corrected chi connectivity index (χ2v) is 5.62. The van der Waals surface area contributed by atoms with Crippen molar-refractivity contribution in [2.75, 3.05) is 18.9 Å². The molecule has 2 N–H and O–H groups in total. The van der Waals surface area contributed by atoms with E-state index < -0.39 is 5.97 Å². The molecule has 0 aromatic carbocycles. The molecule has 0 atom stereocenters. The van der Waals surface area contributed by atoms with E-state index in [0.29, 0.717) is 18.8 Å². The molecule has 0 aliphatic carbocycles. The molecule has 0 saturated carbocycles. The molecule has 2 heterocycles. The first kappa shape index (κ1) is 16.1. The van der Waals surface area contributed by atoms with Crippen LogP contribution < -0.4 is 5.32 Å². The fraction of sp³-hybridized carbons (Fsp3) is 0.286. The summed E-state index contributed by atoms with van der Waals surface area (Å²) >= 11 is 1.09. The topological polar surface area (TPSA) is 95.4 Å². The Morgan fingerprint density at radius 3 is 2.91 bits per heavy atom. The van der Waals surface area contributed by atoms with Gasteiger partial charge in [-0.05, 0) is 18.5 Å². The van der Waals surface area contributed by atoms with Crippen molar-refractivity contribution in [3.05, 3.63) is 40.6 Å². The minimum Gasteiger partial charge on any atom is -0.477 e. The maximum atomic E-state index is 11.9. The van der Waals surface area contributed by atoms with Gasteiger partial charge in [0.25, 0.3) is 0 Å². The van der Waals surface area contributed by atoms with E-state index in [1.165, 1.54) is 0 Å². The van der Waals surface area contributed by atoms with Gasteiger partial charge in [0.2, 0.25) is 5.91 Å². The zero-order valence-electron chi connectivity index (χ0n) is 12.0. The Bertz CT molecular complexity index is 645. The van der Waals surface area contributed by atoms with Crippen molar-refractivity contribution in [1.29, 1.82) is 0 Å². The Morgan fingerprint density at radius 1 is 1.41 bits per heavy atom. The number of thiophene rings is 1. The van der Waals surface area contributed by atoms with Gasteiger partial charge in [-0.15, -0.1) is 11.3 Å². The second kappa shape index (κ2) is 7.62. The van der Waals surface area contributed by atoms with Crippen molar-refractivity contribution >= 4 is 28.9 Å². The van der Waals surface area contributed by atoms with Crippen molar-refractivity contribution in [3.8, 4) is 0 Å². The van der Waals surface area contributed by atoms with Crippen LogP contribution in [0.5, 0.6) is 0 Å². The highest BCUT2D eigenvalue weighted by molar-refractivity contribution is 7.12. The van der Waals surface area contributed by atoms with Gasteiger partial charge in [0.15, 0.2) is 0 Å². The smallest absolute Gasteiger partial charge is 0.348 e. The summed E-state index contributed by atoms with van der Waals surface area (Å²) in [4.78, 5) is 33.1. The number of rotatable bonds is 7. The van der Waals surface area contributed by atoms with Crippen molar-refractivity contribution in [2.24, 2.45) is 0 Å². The van der Waals surface area contributed by atoms with Gasteiger partial charge in [0.1, 0.15) is 4.88 Å². The Hall–Kier alpha value is -2.32. The normalized spacial score (nSPS) is 10.6. The lowest BCUT2D eigenvalue weighted by atomic mass is 10.3. The number of nitrogens with one attached hydrogen (secondary N) is 1. The quantitative estimate of drug-likeness (QED) is 0.806. The summed E-state index contributed by atoms with van der Waals surface area (Å²) in [6.07, 6.45) is 5.18. The molecule has 0 aliphatic heterocycles. The first-order valence-electron chi connectivity index (χ1n) is 6.60. The summed E-state index contributed by atoms with van der Waals surface area (Å²) in [5, 5.41) is 13.3. The van der Waals surface area contributed by atoms with Crippen LogP contribution in [-0.4, -0.2) is 45.4 Å². The summed E-state index contributed by atoms with van der Waals surface area (Å²) in [5.74, 6) is -1.25. The first-order valence-corrected chi connectivity index (χ1v) is 7.48. The highest BCUT2D eigenvalue weighted by Crippen LogP contribution is 2.22. The molecule has 8 heteroatoms. The van der Waals surface area contributed by atoms with Crippen molar-refractivity contribution in [1.82, 2.24) is 14.9 Å². The molecule has 7 nitrogen and oxygen atoms in total. The van der Waals surface area contributed by atoms with E-state index in [2.05, 4.69) is 15.3 Å². The molecule has 0 saturated heterocycles. The number of carbonyl (C=O) groups excluding carboxylic acids is 1. The summed E-state index contributed by atoms with van der Waals surface area (Å²) in [6.45, 7) is 1.13. The lowest BCUT2D eigenvalue weighted by molar-refractivity contribution is -0.116. The lowest BCUT2D eigenvalue weighted by Gasteiger charge is -2.15. The predicted molar refractivity (Wildman–Crippen MR) is 82.9 cm³/mol. The largest absolute Gasteiger partial charge is 0.477 e. The third kappa shape index (κ3) is 4.61. The monoisotopic (exact) mass is 320 g/mol. The Morgan fingerprint density at radius 2 is 2.23 bits per heavy atom. The van der Waals surface area contributed by atoms with E-state index >= 15 is 0 Å². The van der Waals surface area contributed by atoms with E-state index in [1.54, 1.807) is 30.0 Å². The number of hydrogen-bond donors (Lipinski definition) is 2. The number of aromatic nitrogens is 2. The third-order valence-corrected chi connectivity index (χ3v) is 3.81. The number of anilines is 1. The summed E-state index contributed by atoms with van der Waals surface area (Å²) in [5.41, 5.74) is 1.18. The van der Waals surface area contributed by atoms with Gasteiger partial charge >= 0.3 is 5.97 Å². The maximum absolute atomic E-state index is 11.9. The molecular formula is C14H16N4O3S. The fourth-order valence-electron chi connectivity index (χ4n) is 1.85. The number of carboxylic acids is 1. The van der Waals surface area contributed by atoms with Gasteiger partial charge < -0.3 is 10.4 Å². The average molecular weight is 320 g/mol. The van der Waals surface area contributed by atoms with Crippen LogP contribution >= 0.6 is 11.3 Å². The molecule has 0 fully saturated rings. The fourth-order valence-corrected chi connectivity index (χ4v) is 2.53. The van der Waals surface area contributed by atoms with Crippen LogP contribution in [0.2, 0.25) is 0 Å². The molecule has 0 unspecified atom stereocenters. The molecule has 2 aromatic rings. The summed E-state index contributed by atoms with van der Waals surface area (Å²) in [7, 11) is 1.88. The van der Waals surface area contributed by atoms with Gasteiger partial charge in [0, 0.05) is 38.1 Å². The van der Waals surface area contributed by atoms with E-state index in [1.807, 2.05) is 11.9 Å². The first-order chi connectivity index (χ1) is 10.6. The predicted octanol–water partition coefficient (Wildman–Crippen LogP) is 1.70. The second-order valence-electron chi connectivity index (χ2n) is 4.70. The molecule has 2 aromatic heterocycles. The molecule has 0 radical (unpaired) electrons. The number of nitrogens with zero attached hydrogens (tertiary/aromatic N) is 3. The average Bonchev–Trinajstić information content (AvgIpc) is 2.94.